The Morgan fingerprint density at radius 2 is 1.89 bits per heavy atom. The molecular weight excluding hydrogens is 471 g/mol. The summed E-state index contributed by atoms with van der Waals surface area (Å²) in [7, 11) is 0. The lowest BCUT2D eigenvalue weighted by Gasteiger charge is -2.36. The minimum atomic E-state index is -4.71. The van der Waals surface area contributed by atoms with Crippen molar-refractivity contribution in [2.24, 2.45) is 0 Å². The standard InChI is InChI=1S/C22H26F3N5O5/c1-12-26-11-15(18(27-12)14-7-9-30(10-8-14)20(32)33)21(3,34)19(28-13(2)31)35-17-6-4-5-16(29-17)22(23,24)25/h4-6,11,14,19,34H,7-10H2,1-3H3,(H,28,31)(H,32,33). The average molecular weight is 497 g/mol. The molecule has 0 spiro atoms. The van der Waals surface area contributed by atoms with Crippen LogP contribution in [0.15, 0.2) is 24.4 Å². The van der Waals surface area contributed by atoms with Gasteiger partial charge in [0, 0.05) is 43.8 Å². The first-order chi connectivity index (χ1) is 16.3. The summed E-state index contributed by atoms with van der Waals surface area (Å²) < 4.78 is 44.9. The summed E-state index contributed by atoms with van der Waals surface area (Å²) in [6.45, 7) is 4.68. The number of amides is 2. The molecule has 1 fully saturated rings. The van der Waals surface area contributed by atoms with Crippen molar-refractivity contribution in [1.29, 1.82) is 0 Å². The third kappa shape index (κ3) is 6.15. The molecule has 0 bridgehead atoms. The Morgan fingerprint density at radius 1 is 1.23 bits per heavy atom. The van der Waals surface area contributed by atoms with E-state index in [0.717, 1.165) is 12.1 Å². The molecule has 1 aliphatic rings. The third-order valence-electron chi connectivity index (χ3n) is 5.73. The van der Waals surface area contributed by atoms with Gasteiger partial charge in [0.1, 0.15) is 17.1 Å². The van der Waals surface area contributed by atoms with Gasteiger partial charge >= 0.3 is 12.3 Å². The van der Waals surface area contributed by atoms with Crippen molar-refractivity contribution in [2.75, 3.05) is 13.1 Å². The molecule has 35 heavy (non-hydrogen) atoms. The number of carboxylic acid groups (broad SMARTS) is 1. The maximum absolute atomic E-state index is 13.1. The number of rotatable bonds is 6. The highest BCUT2D eigenvalue weighted by Crippen LogP contribution is 2.36. The van der Waals surface area contributed by atoms with E-state index in [2.05, 4.69) is 20.3 Å². The summed E-state index contributed by atoms with van der Waals surface area (Å²) in [6, 6.07) is 3.05. The molecule has 2 atom stereocenters. The molecule has 1 aliphatic heterocycles. The van der Waals surface area contributed by atoms with E-state index in [4.69, 9.17) is 4.74 Å². The topological polar surface area (TPSA) is 138 Å². The number of ether oxygens (including phenoxy) is 1. The van der Waals surface area contributed by atoms with Crippen LogP contribution >= 0.6 is 0 Å². The van der Waals surface area contributed by atoms with Gasteiger partial charge in [-0.15, -0.1) is 0 Å². The van der Waals surface area contributed by atoms with Gasteiger partial charge in [0.2, 0.25) is 18.0 Å². The summed E-state index contributed by atoms with van der Waals surface area (Å²) in [6.07, 6.45) is -5.03. The van der Waals surface area contributed by atoms with E-state index in [1.54, 1.807) is 6.92 Å². The van der Waals surface area contributed by atoms with Crippen LogP contribution in [-0.4, -0.2) is 61.4 Å². The highest BCUT2D eigenvalue weighted by molar-refractivity contribution is 5.73. The molecule has 2 aromatic rings. The van der Waals surface area contributed by atoms with Crippen LogP contribution in [0.3, 0.4) is 0 Å². The van der Waals surface area contributed by atoms with Crippen LogP contribution < -0.4 is 10.1 Å². The van der Waals surface area contributed by atoms with Crippen LogP contribution in [0, 0.1) is 6.92 Å². The second-order valence-electron chi connectivity index (χ2n) is 8.46. The zero-order valence-corrected chi connectivity index (χ0v) is 19.3. The van der Waals surface area contributed by atoms with Crippen molar-refractivity contribution < 1.29 is 37.7 Å². The first-order valence-corrected chi connectivity index (χ1v) is 10.8. The summed E-state index contributed by atoms with van der Waals surface area (Å²) in [5.74, 6) is -0.870. The monoisotopic (exact) mass is 497 g/mol. The molecule has 3 rings (SSSR count). The predicted octanol–water partition coefficient (Wildman–Crippen LogP) is 2.80. The van der Waals surface area contributed by atoms with Gasteiger partial charge in [-0.2, -0.15) is 13.2 Å². The number of likely N-dealkylation sites (tertiary alicyclic amines) is 1. The maximum Gasteiger partial charge on any atom is 0.433 e. The van der Waals surface area contributed by atoms with E-state index in [-0.39, 0.29) is 24.6 Å². The Morgan fingerprint density at radius 3 is 2.46 bits per heavy atom. The van der Waals surface area contributed by atoms with E-state index in [0.29, 0.717) is 24.4 Å². The van der Waals surface area contributed by atoms with Gasteiger partial charge in [-0.1, -0.05) is 6.07 Å². The number of aromatic nitrogens is 3. The number of nitrogens with one attached hydrogen (secondary N) is 1. The smallest absolute Gasteiger partial charge is 0.433 e. The zero-order chi connectivity index (χ0) is 26.0. The van der Waals surface area contributed by atoms with Gasteiger partial charge in [-0.3, -0.25) is 4.79 Å². The Hall–Kier alpha value is -3.48. The molecule has 0 saturated carbocycles. The van der Waals surface area contributed by atoms with Gasteiger partial charge in [0.15, 0.2) is 0 Å². The van der Waals surface area contributed by atoms with E-state index in [9.17, 15) is 33.0 Å². The van der Waals surface area contributed by atoms with Crippen LogP contribution in [0.5, 0.6) is 5.88 Å². The lowest BCUT2D eigenvalue weighted by atomic mass is 9.84. The van der Waals surface area contributed by atoms with E-state index >= 15 is 0 Å². The second kappa shape index (κ2) is 10.0. The van der Waals surface area contributed by atoms with Gasteiger partial charge in [-0.25, -0.2) is 19.7 Å². The SMILES string of the molecule is CC(=O)NC(Oc1cccc(C(F)(F)F)n1)C(C)(O)c1cnc(C)nc1C1CCN(C(=O)O)CC1. The molecule has 13 heteroatoms. The fourth-order valence-corrected chi connectivity index (χ4v) is 3.90. The third-order valence-corrected chi connectivity index (χ3v) is 5.73. The van der Waals surface area contributed by atoms with E-state index in [1.807, 2.05) is 0 Å². The number of nitrogens with zero attached hydrogens (tertiary/aromatic N) is 4. The number of hydrogen-bond acceptors (Lipinski definition) is 7. The highest BCUT2D eigenvalue weighted by atomic mass is 19.4. The largest absolute Gasteiger partial charge is 0.465 e. The fourth-order valence-electron chi connectivity index (χ4n) is 3.90. The average Bonchev–Trinajstić information content (AvgIpc) is 2.78. The number of hydrogen-bond donors (Lipinski definition) is 3. The Kier molecular flexibility index (Phi) is 7.48. The number of aryl methyl sites for hydroxylation is 1. The van der Waals surface area contributed by atoms with Crippen molar-refractivity contribution >= 4 is 12.0 Å². The van der Waals surface area contributed by atoms with Crippen LogP contribution in [-0.2, 0) is 16.6 Å². The quantitative estimate of drug-likeness (QED) is 0.518. The fraction of sp³-hybridized carbons (Fsp3) is 0.500. The number of pyridine rings is 1. The minimum absolute atomic E-state index is 0.197. The molecule has 3 N–H and O–H groups in total. The molecule has 190 valence electrons. The molecule has 1 saturated heterocycles. The summed E-state index contributed by atoms with van der Waals surface area (Å²) in [5, 5.41) is 23.2. The van der Waals surface area contributed by atoms with Crippen molar-refractivity contribution in [3.63, 3.8) is 0 Å². The molecule has 0 radical (unpaired) electrons. The van der Waals surface area contributed by atoms with Crippen LogP contribution in [0.25, 0.3) is 0 Å². The molecule has 0 aliphatic carbocycles. The highest BCUT2D eigenvalue weighted by Gasteiger charge is 2.42. The number of carbonyl (C=O) groups is 2. The summed E-state index contributed by atoms with van der Waals surface area (Å²) in [5.41, 5.74) is -2.54. The zero-order valence-electron chi connectivity index (χ0n) is 19.3. The normalized spacial score (nSPS) is 17.4. The Bertz CT molecular complexity index is 1090. The maximum atomic E-state index is 13.1. The van der Waals surface area contributed by atoms with Crippen LogP contribution in [0.1, 0.15) is 55.4 Å². The van der Waals surface area contributed by atoms with Crippen molar-refractivity contribution in [1.82, 2.24) is 25.2 Å². The van der Waals surface area contributed by atoms with Crippen molar-refractivity contribution in [3.8, 4) is 5.88 Å². The Labute approximate surface area is 199 Å². The lowest BCUT2D eigenvalue weighted by molar-refractivity contribution is -0.142. The molecule has 3 heterocycles. The number of halogens is 3. The van der Waals surface area contributed by atoms with E-state index in [1.165, 1.54) is 31.0 Å². The van der Waals surface area contributed by atoms with Gasteiger partial charge < -0.3 is 25.2 Å². The lowest BCUT2D eigenvalue weighted by Crippen LogP contribution is -2.53. The number of aliphatic hydroxyl groups is 1. The van der Waals surface area contributed by atoms with Crippen molar-refractivity contribution in [2.45, 2.75) is 57.5 Å². The molecule has 10 nitrogen and oxygen atoms in total. The summed E-state index contributed by atoms with van der Waals surface area (Å²) in [4.78, 5) is 36.5. The molecular formula is C22H26F3N5O5. The summed E-state index contributed by atoms with van der Waals surface area (Å²) >= 11 is 0. The molecule has 2 aromatic heterocycles. The van der Waals surface area contributed by atoms with Gasteiger partial charge in [0.05, 0.1) is 5.69 Å². The van der Waals surface area contributed by atoms with Crippen LogP contribution in [0.2, 0.25) is 0 Å². The van der Waals surface area contributed by atoms with Crippen molar-refractivity contribution in [3.05, 3.63) is 47.2 Å². The van der Waals surface area contributed by atoms with Crippen LogP contribution in [0.4, 0.5) is 18.0 Å². The second-order valence-corrected chi connectivity index (χ2v) is 8.46. The minimum Gasteiger partial charge on any atom is -0.465 e. The predicted molar refractivity (Wildman–Crippen MR) is 115 cm³/mol. The van der Waals surface area contributed by atoms with Gasteiger partial charge in [0.25, 0.3) is 0 Å². The number of alkyl halides is 3. The first-order valence-electron chi connectivity index (χ1n) is 10.8. The molecule has 0 aromatic carbocycles. The van der Waals surface area contributed by atoms with E-state index < -0.39 is 41.6 Å². The van der Waals surface area contributed by atoms with Gasteiger partial charge in [-0.05, 0) is 32.8 Å². The number of piperidine rings is 1. The molecule has 2 amide bonds. The Balaban J connectivity index is 1.97. The first kappa shape index (κ1) is 26.1. The number of carbonyl (C=O) groups excluding carboxylic acids is 1. The molecule has 2 unspecified atom stereocenters.